The maximum Gasteiger partial charge on any atom is 0.419 e. The minimum absolute atomic E-state index is 0.0769. The smallest absolute Gasteiger partial charge is 0.419 e. The second kappa shape index (κ2) is 5.81. The Hall–Kier alpha value is -1.92. The lowest BCUT2D eigenvalue weighted by molar-refractivity contribution is -0.142. The second-order valence-corrected chi connectivity index (χ2v) is 3.60. The molecule has 0 bridgehead atoms. The van der Waals surface area contributed by atoms with Gasteiger partial charge in [0.2, 0.25) is 0 Å². The number of Topliss-reactive ketones (excluding diaryl/α,β-unsaturated/α-hetero) is 1. The summed E-state index contributed by atoms with van der Waals surface area (Å²) in [5.74, 6) is -3.17. The van der Waals surface area contributed by atoms with Crippen molar-refractivity contribution in [2.45, 2.75) is 19.5 Å². The summed E-state index contributed by atoms with van der Waals surface area (Å²) in [7, 11) is 0. The van der Waals surface area contributed by atoms with E-state index < -0.39 is 35.7 Å². The minimum atomic E-state index is -4.83. The van der Waals surface area contributed by atoms with Gasteiger partial charge >= 0.3 is 12.1 Å². The van der Waals surface area contributed by atoms with Crippen LogP contribution < -0.4 is 0 Å². The molecule has 0 unspecified atom stereocenters. The molecule has 1 aromatic carbocycles. The lowest BCUT2D eigenvalue weighted by atomic mass is 10.1. The van der Waals surface area contributed by atoms with E-state index in [1.54, 1.807) is 6.92 Å². The fraction of sp³-hybridized carbons (Fsp3) is 0.333. The van der Waals surface area contributed by atoms with E-state index >= 15 is 0 Å². The van der Waals surface area contributed by atoms with Crippen molar-refractivity contribution >= 4 is 11.8 Å². The fourth-order valence-corrected chi connectivity index (χ4v) is 1.36. The number of alkyl halides is 3. The lowest BCUT2D eigenvalue weighted by Crippen LogP contribution is -2.13. The van der Waals surface area contributed by atoms with Crippen LogP contribution in [0.1, 0.15) is 29.3 Å². The van der Waals surface area contributed by atoms with Gasteiger partial charge in [-0.25, -0.2) is 4.39 Å². The van der Waals surface area contributed by atoms with E-state index in [0.29, 0.717) is 12.1 Å². The maximum atomic E-state index is 13.2. The average molecular weight is 278 g/mol. The first-order valence-corrected chi connectivity index (χ1v) is 5.31. The van der Waals surface area contributed by atoms with E-state index in [1.807, 2.05) is 0 Å². The molecule has 0 spiro atoms. The molecule has 0 saturated heterocycles. The molecule has 0 radical (unpaired) electrons. The van der Waals surface area contributed by atoms with Gasteiger partial charge in [-0.05, 0) is 19.1 Å². The standard InChI is InChI=1S/C12H10F4O3/c1-2-19-11(18)6-10(17)7-3-4-8(9(13)5-7)12(14,15)16/h3-5H,2,6H2,1H3. The van der Waals surface area contributed by atoms with E-state index in [2.05, 4.69) is 4.74 Å². The monoisotopic (exact) mass is 278 g/mol. The van der Waals surface area contributed by atoms with Crippen LogP contribution in [-0.4, -0.2) is 18.4 Å². The molecule has 1 rings (SSSR count). The van der Waals surface area contributed by atoms with Gasteiger partial charge in [-0.2, -0.15) is 13.2 Å². The van der Waals surface area contributed by atoms with Crippen LogP contribution in [0.4, 0.5) is 17.6 Å². The number of halogens is 4. The Kier molecular flexibility index (Phi) is 4.63. The number of hydrogen-bond acceptors (Lipinski definition) is 3. The summed E-state index contributed by atoms with van der Waals surface area (Å²) in [6.45, 7) is 1.62. The third kappa shape index (κ3) is 4.04. The van der Waals surface area contributed by atoms with Gasteiger partial charge in [-0.15, -0.1) is 0 Å². The zero-order valence-electron chi connectivity index (χ0n) is 9.88. The van der Waals surface area contributed by atoms with Crippen molar-refractivity contribution in [1.82, 2.24) is 0 Å². The van der Waals surface area contributed by atoms with Crippen LogP contribution in [0, 0.1) is 5.82 Å². The number of carbonyl (C=O) groups is 2. The number of ketones is 1. The summed E-state index contributed by atoms with van der Waals surface area (Å²) < 4.78 is 54.6. The Morgan fingerprint density at radius 2 is 1.89 bits per heavy atom. The molecule has 0 atom stereocenters. The number of carbonyl (C=O) groups excluding carboxylic acids is 2. The van der Waals surface area contributed by atoms with Crippen molar-refractivity contribution < 1.29 is 31.9 Å². The highest BCUT2D eigenvalue weighted by Crippen LogP contribution is 2.31. The number of esters is 1. The van der Waals surface area contributed by atoms with Crippen LogP contribution in [-0.2, 0) is 15.7 Å². The molecule has 7 heteroatoms. The first-order chi connectivity index (χ1) is 8.75. The summed E-state index contributed by atoms with van der Waals surface area (Å²) in [5, 5.41) is 0. The van der Waals surface area contributed by atoms with Gasteiger partial charge in [0, 0.05) is 5.56 Å². The molecule has 0 aliphatic heterocycles. The van der Waals surface area contributed by atoms with Gasteiger partial charge in [0.25, 0.3) is 0 Å². The number of hydrogen-bond donors (Lipinski definition) is 0. The second-order valence-electron chi connectivity index (χ2n) is 3.60. The molecular weight excluding hydrogens is 268 g/mol. The summed E-state index contributed by atoms with van der Waals surface area (Å²) >= 11 is 0. The molecule has 0 aliphatic carbocycles. The van der Waals surface area contributed by atoms with Crippen LogP contribution in [0.2, 0.25) is 0 Å². The minimum Gasteiger partial charge on any atom is -0.466 e. The van der Waals surface area contributed by atoms with Crippen molar-refractivity contribution in [2.24, 2.45) is 0 Å². The Balaban J connectivity index is 2.89. The Morgan fingerprint density at radius 3 is 2.37 bits per heavy atom. The molecule has 0 fully saturated rings. The first-order valence-electron chi connectivity index (χ1n) is 5.31. The van der Waals surface area contributed by atoms with Crippen molar-refractivity contribution in [3.05, 3.63) is 35.1 Å². The summed E-state index contributed by atoms with van der Waals surface area (Å²) in [4.78, 5) is 22.5. The third-order valence-electron chi connectivity index (χ3n) is 2.21. The highest BCUT2D eigenvalue weighted by Gasteiger charge is 2.34. The van der Waals surface area contributed by atoms with Crippen molar-refractivity contribution in [1.29, 1.82) is 0 Å². The third-order valence-corrected chi connectivity index (χ3v) is 2.21. The van der Waals surface area contributed by atoms with Crippen LogP contribution in [0.15, 0.2) is 18.2 Å². The SMILES string of the molecule is CCOC(=O)CC(=O)c1ccc(C(F)(F)F)c(F)c1. The Bertz CT molecular complexity index is 494. The van der Waals surface area contributed by atoms with Gasteiger partial charge in [-0.1, -0.05) is 6.07 Å². The van der Waals surface area contributed by atoms with Gasteiger partial charge in [-0.3, -0.25) is 9.59 Å². The van der Waals surface area contributed by atoms with Gasteiger partial charge in [0.15, 0.2) is 5.78 Å². The number of ether oxygens (including phenoxy) is 1. The summed E-state index contributed by atoms with van der Waals surface area (Å²) in [6.07, 6.45) is -5.47. The molecule has 0 aliphatic rings. The van der Waals surface area contributed by atoms with E-state index in [4.69, 9.17) is 0 Å². The fourth-order valence-electron chi connectivity index (χ4n) is 1.36. The molecule has 0 N–H and O–H groups in total. The predicted molar refractivity (Wildman–Crippen MR) is 57.0 cm³/mol. The largest absolute Gasteiger partial charge is 0.466 e. The lowest BCUT2D eigenvalue weighted by Gasteiger charge is -2.08. The molecule has 19 heavy (non-hydrogen) atoms. The molecule has 1 aromatic rings. The normalized spacial score (nSPS) is 11.2. The maximum absolute atomic E-state index is 13.2. The molecular formula is C12H10F4O3. The zero-order chi connectivity index (χ0) is 14.6. The van der Waals surface area contributed by atoms with Crippen LogP contribution in [0.5, 0.6) is 0 Å². The molecule has 0 aromatic heterocycles. The topological polar surface area (TPSA) is 43.4 Å². The molecule has 3 nitrogen and oxygen atoms in total. The van der Waals surface area contributed by atoms with Gasteiger partial charge in [0.05, 0.1) is 12.2 Å². The van der Waals surface area contributed by atoms with Crippen LogP contribution >= 0.6 is 0 Å². The van der Waals surface area contributed by atoms with Gasteiger partial charge < -0.3 is 4.74 Å². The van der Waals surface area contributed by atoms with E-state index in [1.165, 1.54) is 0 Å². The average Bonchev–Trinajstić information content (AvgIpc) is 2.27. The highest BCUT2D eigenvalue weighted by atomic mass is 19.4. The van der Waals surface area contributed by atoms with E-state index in [0.717, 1.165) is 6.07 Å². The molecule has 0 heterocycles. The van der Waals surface area contributed by atoms with Gasteiger partial charge in [0.1, 0.15) is 12.2 Å². The van der Waals surface area contributed by atoms with Crippen molar-refractivity contribution in [3.63, 3.8) is 0 Å². The highest BCUT2D eigenvalue weighted by molar-refractivity contribution is 6.05. The quantitative estimate of drug-likeness (QED) is 0.368. The van der Waals surface area contributed by atoms with E-state index in [-0.39, 0.29) is 12.2 Å². The zero-order valence-corrected chi connectivity index (χ0v) is 9.88. The summed E-state index contributed by atoms with van der Waals surface area (Å²) in [6, 6.07) is 1.76. The predicted octanol–water partition coefficient (Wildman–Crippen LogP) is 2.98. The number of rotatable bonds is 4. The summed E-state index contributed by atoms with van der Waals surface area (Å²) in [5.41, 5.74) is -1.77. The van der Waals surface area contributed by atoms with E-state index in [9.17, 15) is 27.2 Å². The molecule has 0 amide bonds. The number of benzene rings is 1. The van der Waals surface area contributed by atoms with Crippen molar-refractivity contribution in [3.8, 4) is 0 Å². The first kappa shape index (κ1) is 15.1. The Morgan fingerprint density at radius 1 is 1.26 bits per heavy atom. The molecule has 0 saturated carbocycles. The Labute approximate surface area is 106 Å². The van der Waals surface area contributed by atoms with Crippen LogP contribution in [0.25, 0.3) is 0 Å². The van der Waals surface area contributed by atoms with Crippen molar-refractivity contribution in [2.75, 3.05) is 6.61 Å². The molecule has 104 valence electrons. The van der Waals surface area contributed by atoms with Crippen LogP contribution in [0.3, 0.4) is 0 Å².